The van der Waals surface area contributed by atoms with Crippen molar-refractivity contribution in [2.45, 2.75) is 41.0 Å². The van der Waals surface area contributed by atoms with Crippen molar-refractivity contribution < 1.29 is 4.79 Å². The van der Waals surface area contributed by atoms with Crippen molar-refractivity contribution in [3.05, 3.63) is 0 Å². The maximum atomic E-state index is 11.8. The molecule has 76 valence electrons. The Morgan fingerprint density at radius 3 is 2.15 bits per heavy atom. The molecular formula is C11H21NO. The lowest BCUT2D eigenvalue weighted by atomic mass is 9.78. The maximum absolute atomic E-state index is 11.8. The standard InChI is InChI=1S/C11H21NO/c1-6-11(5)7-12(8-11)9(13)10(2,3)4/h6-8H2,1-5H3. The van der Waals surface area contributed by atoms with Crippen molar-refractivity contribution in [1.82, 2.24) is 4.90 Å². The first-order chi connectivity index (χ1) is 5.78. The van der Waals surface area contributed by atoms with Gasteiger partial charge in [-0.05, 0) is 6.42 Å². The zero-order valence-corrected chi connectivity index (χ0v) is 9.48. The van der Waals surface area contributed by atoms with E-state index >= 15 is 0 Å². The van der Waals surface area contributed by atoms with Gasteiger partial charge in [-0.2, -0.15) is 0 Å². The minimum absolute atomic E-state index is 0.213. The van der Waals surface area contributed by atoms with Crippen molar-refractivity contribution >= 4 is 5.91 Å². The number of hydrogen-bond acceptors (Lipinski definition) is 1. The zero-order chi connectivity index (χ0) is 10.3. The van der Waals surface area contributed by atoms with Crippen LogP contribution >= 0.6 is 0 Å². The highest BCUT2D eigenvalue weighted by Gasteiger charge is 2.42. The van der Waals surface area contributed by atoms with Gasteiger partial charge >= 0.3 is 0 Å². The van der Waals surface area contributed by atoms with Gasteiger partial charge in [-0.25, -0.2) is 0 Å². The molecule has 1 rings (SSSR count). The highest BCUT2D eigenvalue weighted by atomic mass is 16.2. The van der Waals surface area contributed by atoms with E-state index in [2.05, 4.69) is 13.8 Å². The molecule has 13 heavy (non-hydrogen) atoms. The molecule has 1 saturated heterocycles. The molecule has 0 aliphatic carbocycles. The quantitative estimate of drug-likeness (QED) is 0.611. The first-order valence-corrected chi connectivity index (χ1v) is 5.08. The summed E-state index contributed by atoms with van der Waals surface area (Å²) in [7, 11) is 0. The molecule has 1 heterocycles. The lowest BCUT2D eigenvalue weighted by Gasteiger charge is -2.49. The summed E-state index contributed by atoms with van der Waals surface area (Å²) in [5.41, 5.74) is 0.177. The number of hydrogen-bond donors (Lipinski definition) is 0. The van der Waals surface area contributed by atoms with E-state index in [1.54, 1.807) is 0 Å². The van der Waals surface area contributed by atoms with Crippen molar-refractivity contribution in [1.29, 1.82) is 0 Å². The summed E-state index contributed by atoms with van der Waals surface area (Å²) >= 11 is 0. The molecule has 0 saturated carbocycles. The smallest absolute Gasteiger partial charge is 0.227 e. The molecule has 0 aromatic rings. The van der Waals surface area contributed by atoms with Gasteiger partial charge in [0.25, 0.3) is 0 Å². The summed E-state index contributed by atoms with van der Waals surface area (Å²) in [6, 6.07) is 0. The van der Waals surface area contributed by atoms with Crippen molar-refractivity contribution in [2.75, 3.05) is 13.1 Å². The number of carbonyl (C=O) groups is 1. The molecule has 0 aromatic heterocycles. The molecule has 0 spiro atoms. The van der Waals surface area contributed by atoms with E-state index in [4.69, 9.17) is 0 Å². The first-order valence-electron chi connectivity index (χ1n) is 5.08. The molecule has 0 unspecified atom stereocenters. The third kappa shape index (κ3) is 2.04. The van der Waals surface area contributed by atoms with Crippen LogP contribution in [0.5, 0.6) is 0 Å². The molecule has 0 aromatic carbocycles. The van der Waals surface area contributed by atoms with Crippen LogP contribution < -0.4 is 0 Å². The van der Waals surface area contributed by atoms with Gasteiger partial charge in [0.15, 0.2) is 0 Å². The Kier molecular flexibility index (Phi) is 2.44. The lowest BCUT2D eigenvalue weighted by molar-refractivity contribution is -0.151. The average Bonchev–Trinajstić information content (AvgIpc) is 1.95. The second-order valence-corrected chi connectivity index (χ2v) is 5.58. The van der Waals surface area contributed by atoms with Crippen molar-refractivity contribution in [3.63, 3.8) is 0 Å². The van der Waals surface area contributed by atoms with Crippen LogP contribution in [0.15, 0.2) is 0 Å². The van der Waals surface area contributed by atoms with Gasteiger partial charge in [-0.3, -0.25) is 4.79 Å². The number of carbonyl (C=O) groups excluding carboxylic acids is 1. The van der Waals surface area contributed by atoms with E-state index in [0.29, 0.717) is 11.3 Å². The van der Waals surface area contributed by atoms with E-state index in [0.717, 1.165) is 13.1 Å². The Hall–Kier alpha value is -0.530. The highest BCUT2D eigenvalue weighted by molar-refractivity contribution is 5.82. The van der Waals surface area contributed by atoms with Crippen LogP contribution in [0.2, 0.25) is 0 Å². The summed E-state index contributed by atoms with van der Waals surface area (Å²) in [6.45, 7) is 12.3. The van der Waals surface area contributed by atoms with Crippen LogP contribution in [0.25, 0.3) is 0 Å². The summed E-state index contributed by atoms with van der Waals surface area (Å²) in [5.74, 6) is 0.290. The molecule has 1 amide bonds. The summed E-state index contributed by atoms with van der Waals surface area (Å²) in [5, 5.41) is 0. The van der Waals surface area contributed by atoms with Gasteiger partial charge in [0.05, 0.1) is 0 Å². The SMILES string of the molecule is CCC1(C)CN(C(=O)C(C)(C)C)C1. The first kappa shape index (κ1) is 10.6. The molecule has 2 nitrogen and oxygen atoms in total. The highest BCUT2D eigenvalue weighted by Crippen LogP contribution is 2.35. The van der Waals surface area contributed by atoms with E-state index in [1.807, 2.05) is 25.7 Å². The number of likely N-dealkylation sites (tertiary alicyclic amines) is 1. The van der Waals surface area contributed by atoms with Crippen LogP contribution in [-0.4, -0.2) is 23.9 Å². The molecule has 1 aliphatic rings. The van der Waals surface area contributed by atoms with Crippen molar-refractivity contribution in [3.8, 4) is 0 Å². The minimum atomic E-state index is -0.213. The molecule has 2 heteroatoms. The molecule has 1 aliphatic heterocycles. The summed E-state index contributed by atoms with van der Waals surface area (Å²) in [6.07, 6.45) is 1.17. The van der Waals surface area contributed by atoms with Gasteiger partial charge in [0.1, 0.15) is 0 Å². The Balaban J connectivity index is 2.49. The van der Waals surface area contributed by atoms with E-state index in [1.165, 1.54) is 6.42 Å². The van der Waals surface area contributed by atoms with E-state index in [-0.39, 0.29) is 5.41 Å². The number of nitrogens with zero attached hydrogens (tertiary/aromatic N) is 1. The predicted octanol–water partition coefficient (Wildman–Crippen LogP) is 2.29. The summed E-state index contributed by atoms with van der Waals surface area (Å²) in [4.78, 5) is 13.8. The fourth-order valence-electron chi connectivity index (χ4n) is 1.72. The second kappa shape index (κ2) is 3.00. The van der Waals surface area contributed by atoms with Crippen molar-refractivity contribution in [2.24, 2.45) is 10.8 Å². The third-order valence-corrected chi connectivity index (χ3v) is 2.93. The maximum Gasteiger partial charge on any atom is 0.227 e. The van der Waals surface area contributed by atoms with Gasteiger partial charge in [-0.1, -0.05) is 34.6 Å². The second-order valence-electron chi connectivity index (χ2n) is 5.58. The monoisotopic (exact) mass is 183 g/mol. The van der Waals surface area contributed by atoms with Crippen LogP contribution in [0.1, 0.15) is 41.0 Å². The van der Waals surface area contributed by atoms with Crippen LogP contribution in [0, 0.1) is 10.8 Å². The van der Waals surface area contributed by atoms with Gasteiger partial charge in [-0.15, -0.1) is 0 Å². The minimum Gasteiger partial charge on any atom is -0.341 e. The number of amides is 1. The van der Waals surface area contributed by atoms with Crippen LogP contribution in [0.4, 0.5) is 0 Å². The van der Waals surface area contributed by atoms with E-state index < -0.39 is 0 Å². The average molecular weight is 183 g/mol. The van der Waals surface area contributed by atoms with Gasteiger partial charge < -0.3 is 4.90 Å². The number of rotatable bonds is 1. The topological polar surface area (TPSA) is 20.3 Å². The Morgan fingerprint density at radius 2 is 1.85 bits per heavy atom. The zero-order valence-electron chi connectivity index (χ0n) is 9.48. The third-order valence-electron chi connectivity index (χ3n) is 2.93. The van der Waals surface area contributed by atoms with E-state index in [9.17, 15) is 4.79 Å². The Labute approximate surface area is 81.3 Å². The molecule has 1 fully saturated rings. The molecular weight excluding hydrogens is 162 g/mol. The normalized spacial score (nSPS) is 21.2. The fraction of sp³-hybridized carbons (Fsp3) is 0.909. The molecule has 0 radical (unpaired) electrons. The van der Waals surface area contributed by atoms with Crippen LogP contribution in [-0.2, 0) is 4.79 Å². The molecule has 0 N–H and O–H groups in total. The molecule has 0 bridgehead atoms. The fourth-order valence-corrected chi connectivity index (χ4v) is 1.72. The van der Waals surface area contributed by atoms with Gasteiger partial charge in [0, 0.05) is 23.9 Å². The summed E-state index contributed by atoms with van der Waals surface area (Å²) < 4.78 is 0. The molecule has 0 atom stereocenters. The predicted molar refractivity (Wildman–Crippen MR) is 54.4 cm³/mol. The Bertz CT molecular complexity index is 209. The largest absolute Gasteiger partial charge is 0.341 e. The van der Waals surface area contributed by atoms with Crippen LogP contribution in [0.3, 0.4) is 0 Å². The lowest BCUT2D eigenvalue weighted by Crippen LogP contribution is -2.59. The Morgan fingerprint density at radius 1 is 1.38 bits per heavy atom. The van der Waals surface area contributed by atoms with Gasteiger partial charge in [0.2, 0.25) is 5.91 Å².